The number of hydrogen-bond acceptors (Lipinski definition) is 1. The topological polar surface area (TPSA) is 9.23 Å². The molecular weight excluding hydrogens is 270 g/mol. The first-order valence-electron chi connectivity index (χ1n) is 7.84. The average Bonchev–Trinajstić information content (AvgIpc) is 2.37. The standard InChI is InChI=1S/C18H26F2O/c1-17(2,3)12-15-6-4-5-7-16(15)21-13-14-8-10-18(19,20)11-9-14/h4-7,14H,8-13H2,1-3H3. The summed E-state index contributed by atoms with van der Waals surface area (Å²) in [5, 5.41) is 0. The largest absolute Gasteiger partial charge is 0.493 e. The summed E-state index contributed by atoms with van der Waals surface area (Å²) in [5.41, 5.74) is 1.40. The van der Waals surface area contributed by atoms with Crippen molar-refractivity contribution in [3.8, 4) is 5.75 Å². The molecule has 0 atom stereocenters. The predicted molar refractivity (Wildman–Crippen MR) is 82.0 cm³/mol. The van der Waals surface area contributed by atoms with Crippen molar-refractivity contribution in [3.05, 3.63) is 29.8 Å². The first-order chi connectivity index (χ1) is 9.75. The quantitative estimate of drug-likeness (QED) is 0.715. The minimum atomic E-state index is -2.46. The third-order valence-electron chi connectivity index (χ3n) is 4.00. The number of rotatable bonds is 4. The molecular formula is C18H26F2O. The third-order valence-corrected chi connectivity index (χ3v) is 4.00. The zero-order chi connectivity index (χ0) is 15.5. The predicted octanol–water partition coefficient (Wildman–Crippen LogP) is 5.48. The van der Waals surface area contributed by atoms with Crippen LogP contribution in [-0.4, -0.2) is 12.5 Å². The van der Waals surface area contributed by atoms with E-state index in [0.717, 1.165) is 12.2 Å². The van der Waals surface area contributed by atoms with Gasteiger partial charge in [-0.1, -0.05) is 39.0 Å². The summed E-state index contributed by atoms with van der Waals surface area (Å²) in [7, 11) is 0. The lowest BCUT2D eigenvalue weighted by Gasteiger charge is -2.28. The smallest absolute Gasteiger partial charge is 0.248 e. The first-order valence-corrected chi connectivity index (χ1v) is 7.84. The van der Waals surface area contributed by atoms with Crippen LogP contribution in [0, 0.1) is 11.3 Å². The van der Waals surface area contributed by atoms with Crippen molar-refractivity contribution in [1.29, 1.82) is 0 Å². The van der Waals surface area contributed by atoms with Crippen LogP contribution in [0.4, 0.5) is 8.78 Å². The molecule has 1 nitrogen and oxygen atoms in total. The molecule has 1 aliphatic carbocycles. The second-order valence-corrected chi connectivity index (χ2v) is 7.46. The Kier molecular flexibility index (Phi) is 4.90. The Morgan fingerprint density at radius 1 is 1.14 bits per heavy atom. The molecule has 3 heteroatoms. The van der Waals surface area contributed by atoms with E-state index in [-0.39, 0.29) is 24.2 Å². The lowest BCUT2D eigenvalue weighted by Crippen LogP contribution is -2.27. The molecule has 1 aromatic carbocycles. The SMILES string of the molecule is CC(C)(C)Cc1ccccc1OCC1CCC(F)(F)CC1. The Morgan fingerprint density at radius 3 is 2.38 bits per heavy atom. The third kappa shape index (κ3) is 5.29. The van der Waals surface area contributed by atoms with Crippen molar-refractivity contribution in [2.45, 2.75) is 58.8 Å². The normalized spacial score (nSPS) is 19.5. The molecule has 0 saturated heterocycles. The van der Waals surface area contributed by atoms with Gasteiger partial charge in [-0.25, -0.2) is 8.78 Å². The van der Waals surface area contributed by atoms with Gasteiger partial charge in [0.1, 0.15) is 5.75 Å². The molecule has 0 aromatic heterocycles. The van der Waals surface area contributed by atoms with Gasteiger partial charge >= 0.3 is 0 Å². The highest BCUT2D eigenvalue weighted by atomic mass is 19.3. The molecule has 0 aliphatic heterocycles. The molecule has 0 unspecified atom stereocenters. The molecule has 118 valence electrons. The van der Waals surface area contributed by atoms with Crippen LogP contribution in [0.5, 0.6) is 5.75 Å². The van der Waals surface area contributed by atoms with Gasteiger partial charge < -0.3 is 4.74 Å². The van der Waals surface area contributed by atoms with Crippen LogP contribution >= 0.6 is 0 Å². The van der Waals surface area contributed by atoms with Crippen molar-refractivity contribution in [2.75, 3.05) is 6.61 Å². The van der Waals surface area contributed by atoms with Gasteiger partial charge in [-0.3, -0.25) is 0 Å². The van der Waals surface area contributed by atoms with E-state index in [1.165, 1.54) is 5.56 Å². The lowest BCUT2D eigenvalue weighted by molar-refractivity contribution is -0.0499. The van der Waals surface area contributed by atoms with E-state index in [0.29, 0.717) is 19.4 Å². The van der Waals surface area contributed by atoms with Crippen LogP contribution in [0.2, 0.25) is 0 Å². The van der Waals surface area contributed by atoms with Crippen LogP contribution in [0.1, 0.15) is 52.0 Å². The highest BCUT2D eigenvalue weighted by Gasteiger charge is 2.35. The maximum atomic E-state index is 13.2. The summed E-state index contributed by atoms with van der Waals surface area (Å²) in [4.78, 5) is 0. The van der Waals surface area contributed by atoms with Crippen molar-refractivity contribution in [1.82, 2.24) is 0 Å². The van der Waals surface area contributed by atoms with Gasteiger partial charge in [0.25, 0.3) is 0 Å². The van der Waals surface area contributed by atoms with Gasteiger partial charge in [-0.15, -0.1) is 0 Å². The van der Waals surface area contributed by atoms with Gasteiger partial charge in [0.2, 0.25) is 5.92 Å². The summed E-state index contributed by atoms with van der Waals surface area (Å²) in [5.74, 6) is -1.29. The van der Waals surface area contributed by atoms with E-state index >= 15 is 0 Å². The van der Waals surface area contributed by atoms with Crippen LogP contribution < -0.4 is 4.74 Å². The molecule has 1 aromatic rings. The fourth-order valence-electron chi connectivity index (χ4n) is 2.84. The second-order valence-electron chi connectivity index (χ2n) is 7.46. The van der Waals surface area contributed by atoms with Crippen LogP contribution in [0.15, 0.2) is 24.3 Å². The van der Waals surface area contributed by atoms with Gasteiger partial charge in [-0.05, 0) is 42.2 Å². The molecule has 1 fully saturated rings. The van der Waals surface area contributed by atoms with Gasteiger partial charge in [0.05, 0.1) is 6.61 Å². The summed E-state index contributed by atoms with van der Waals surface area (Å²) in [6.07, 6.45) is 2.09. The van der Waals surface area contributed by atoms with Crippen LogP contribution in [-0.2, 0) is 6.42 Å². The summed E-state index contributed by atoms with van der Waals surface area (Å²) < 4.78 is 32.2. The van der Waals surface area contributed by atoms with E-state index in [1.807, 2.05) is 18.2 Å². The van der Waals surface area contributed by atoms with E-state index in [4.69, 9.17) is 4.74 Å². The first kappa shape index (κ1) is 16.3. The maximum absolute atomic E-state index is 13.2. The molecule has 0 bridgehead atoms. The Balaban J connectivity index is 1.92. The van der Waals surface area contributed by atoms with Gasteiger partial charge in [-0.2, -0.15) is 0 Å². The zero-order valence-electron chi connectivity index (χ0n) is 13.3. The van der Waals surface area contributed by atoms with E-state index in [9.17, 15) is 8.78 Å². The number of ether oxygens (including phenoxy) is 1. The second kappa shape index (κ2) is 6.33. The molecule has 0 amide bonds. The summed E-state index contributed by atoms with van der Waals surface area (Å²) in [6.45, 7) is 7.16. The number of alkyl halides is 2. The van der Waals surface area contributed by atoms with E-state index < -0.39 is 5.92 Å². The van der Waals surface area contributed by atoms with Crippen molar-refractivity contribution >= 4 is 0 Å². The van der Waals surface area contributed by atoms with Crippen LogP contribution in [0.3, 0.4) is 0 Å². The summed E-state index contributed by atoms with van der Waals surface area (Å²) >= 11 is 0. The number of halogens is 2. The fraction of sp³-hybridized carbons (Fsp3) is 0.667. The van der Waals surface area contributed by atoms with Gasteiger partial charge in [0.15, 0.2) is 0 Å². The number of hydrogen-bond donors (Lipinski definition) is 0. The zero-order valence-corrected chi connectivity index (χ0v) is 13.3. The average molecular weight is 296 g/mol. The molecule has 0 spiro atoms. The highest BCUT2D eigenvalue weighted by molar-refractivity contribution is 5.34. The van der Waals surface area contributed by atoms with Crippen molar-refractivity contribution in [2.24, 2.45) is 11.3 Å². The van der Waals surface area contributed by atoms with Crippen molar-refractivity contribution < 1.29 is 13.5 Å². The summed E-state index contributed by atoms with van der Waals surface area (Å²) in [6, 6.07) is 8.07. The maximum Gasteiger partial charge on any atom is 0.248 e. The van der Waals surface area contributed by atoms with E-state index in [2.05, 4.69) is 26.8 Å². The highest BCUT2D eigenvalue weighted by Crippen LogP contribution is 2.36. The Labute approximate surface area is 126 Å². The van der Waals surface area contributed by atoms with E-state index in [1.54, 1.807) is 0 Å². The van der Waals surface area contributed by atoms with Gasteiger partial charge in [0, 0.05) is 12.8 Å². The lowest BCUT2D eigenvalue weighted by atomic mass is 9.87. The Bertz CT molecular complexity index is 453. The number of benzene rings is 1. The molecule has 0 N–H and O–H groups in total. The fourth-order valence-corrected chi connectivity index (χ4v) is 2.84. The molecule has 0 radical (unpaired) electrons. The monoisotopic (exact) mass is 296 g/mol. The Hall–Kier alpha value is -1.12. The molecule has 21 heavy (non-hydrogen) atoms. The minimum absolute atomic E-state index is 0.00463. The Morgan fingerprint density at radius 2 is 1.76 bits per heavy atom. The number of para-hydroxylation sites is 1. The molecule has 1 saturated carbocycles. The van der Waals surface area contributed by atoms with Crippen molar-refractivity contribution in [3.63, 3.8) is 0 Å². The minimum Gasteiger partial charge on any atom is -0.493 e. The van der Waals surface area contributed by atoms with Crippen LogP contribution in [0.25, 0.3) is 0 Å². The molecule has 1 aliphatic rings. The molecule has 0 heterocycles. The molecule has 2 rings (SSSR count).